The molecule has 0 aliphatic carbocycles. The average molecular weight is 221 g/mol. The van der Waals surface area contributed by atoms with Crippen molar-refractivity contribution in [2.75, 3.05) is 12.4 Å². The Morgan fingerprint density at radius 2 is 2.31 bits per heavy atom. The molecule has 0 atom stereocenters. The van der Waals surface area contributed by atoms with E-state index in [2.05, 4.69) is 25.4 Å². The monoisotopic (exact) mass is 221 g/mol. The summed E-state index contributed by atoms with van der Waals surface area (Å²) in [5.74, 6) is 2.04. The molecule has 0 saturated carbocycles. The Morgan fingerprint density at radius 1 is 1.44 bits per heavy atom. The molecule has 2 heterocycles. The maximum Gasteiger partial charge on any atom is 0.246 e. The lowest BCUT2D eigenvalue weighted by Gasteiger charge is -2.02. The standard InChI is InChI=1S/C9H11N5O2/c1-6-12-8(16-14-6)5-11-9-10-4-3-7(13-9)15-2/h3-4H,5H2,1-2H3,(H,10,11,13). The fraction of sp³-hybridized carbons (Fsp3) is 0.333. The van der Waals surface area contributed by atoms with Crippen molar-refractivity contribution in [3.05, 3.63) is 24.0 Å². The average Bonchev–Trinajstić information content (AvgIpc) is 2.73. The van der Waals surface area contributed by atoms with E-state index in [0.717, 1.165) is 0 Å². The van der Waals surface area contributed by atoms with Gasteiger partial charge in [0.25, 0.3) is 0 Å². The molecule has 2 rings (SSSR count). The van der Waals surface area contributed by atoms with E-state index in [0.29, 0.717) is 30.1 Å². The molecular formula is C9H11N5O2. The SMILES string of the molecule is COc1ccnc(NCc2nc(C)no2)n1. The number of methoxy groups -OCH3 is 1. The van der Waals surface area contributed by atoms with Crippen LogP contribution < -0.4 is 10.1 Å². The Kier molecular flexibility index (Phi) is 2.95. The maximum atomic E-state index is 4.97. The lowest BCUT2D eigenvalue weighted by Crippen LogP contribution is -2.04. The van der Waals surface area contributed by atoms with Crippen LogP contribution in [0.5, 0.6) is 5.88 Å². The van der Waals surface area contributed by atoms with Gasteiger partial charge in [-0.25, -0.2) is 4.98 Å². The summed E-state index contributed by atoms with van der Waals surface area (Å²) in [5, 5.41) is 6.62. The molecule has 0 spiro atoms. The second-order valence-corrected chi connectivity index (χ2v) is 3.01. The zero-order valence-electron chi connectivity index (χ0n) is 8.97. The van der Waals surface area contributed by atoms with Crippen LogP contribution in [0.2, 0.25) is 0 Å². The lowest BCUT2D eigenvalue weighted by molar-refractivity contribution is 0.379. The van der Waals surface area contributed by atoms with Gasteiger partial charge in [0.15, 0.2) is 5.82 Å². The van der Waals surface area contributed by atoms with E-state index in [1.54, 1.807) is 26.3 Å². The highest BCUT2D eigenvalue weighted by molar-refractivity contribution is 5.27. The van der Waals surface area contributed by atoms with E-state index in [9.17, 15) is 0 Å². The van der Waals surface area contributed by atoms with Gasteiger partial charge in [-0.2, -0.15) is 9.97 Å². The van der Waals surface area contributed by atoms with Gasteiger partial charge in [-0.15, -0.1) is 0 Å². The predicted octanol–water partition coefficient (Wildman–Crippen LogP) is 0.789. The first-order chi connectivity index (χ1) is 7.78. The van der Waals surface area contributed by atoms with Crippen molar-refractivity contribution in [3.63, 3.8) is 0 Å². The van der Waals surface area contributed by atoms with E-state index in [4.69, 9.17) is 9.26 Å². The molecule has 7 nitrogen and oxygen atoms in total. The maximum absolute atomic E-state index is 4.97. The van der Waals surface area contributed by atoms with Crippen molar-refractivity contribution in [1.82, 2.24) is 20.1 Å². The van der Waals surface area contributed by atoms with Gasteiger partial charge in [-0.05, 0) is 6.92 Å². The Balaban J connectivity index is 1.99. The van der Waals surface area contributed by atoms with Crippen molar-refractivity contribution >= 4 is 5.95 Å². The van der Waals surface area contributed by atoms with E-state index >= 15 is 0 Å². The van der Waals surface area contributed by atoms with Gasteiger partial charge < -0.3 is 14.6 Å². The van der Waals surface area contributed by atoms with Crippen LogP contribution in [0.1, 0.15) is 11.7 Å². The minimum absolute atomic E-state index is 0.383. The number of hydrogen-bond donors (Lipinski definition) is 1. The molecule has 0 bridgehead atoms. The summed E-state index contributed by atoms with van der Waals surface area (Å²) in [7, 11) is 1.55. The summed E-state index contributed by atoms with van der Waals surface area (Å²) in [6.45, 7) is 2.14. The third-order valence-electron chi connectivity index (χ3n) is 1.81. The van der Waals surface area contributed by atoms with Crippen LogP contribution in [0.25, 0.3) is 0 Å². The molecule has 16 heavy (non-hydrogen) atoms. The summed E-state index contributed by atoms with van der Waals surface area (Å²) in [6.07, 6.45) is 1.60. The summed E-state index contributed by atoms with van der Waals surface area (Å²) in [5.41, 5.74) is 0. The Bertz CT molecular complexity index is 470. The van der Waals surface area contributed by atoms with Crippen molar-refractivity contribution in [3.8, 4) is 5.88 Å². The summed E-state index contributed by atoms with van der Waals surface area (Å²) < 4.78 is 9.90. The van der Waals surface area contributed by atoms with Crippen LogP contribution in [0.3, 0.4) is 0 Å². The molecule has 0 fully saturated rings. The quantitative estimate of drug-likeness (QED) is 0.816. The van der Waals surface area contributed by atoms with Gasteiger partial charge in [0.2, 0.25) is 17.7 Å². The summed E-state index contributed by atoms with van der Waals surface area (Å²) in [4.78, 5) is 12.1. The van der Waals surface area contributed by atoms with Gasteiger partial charge >= 0.3 is 0 Å². The van der Waals surface area contributed by atoms with Gasteiger partial charge in [-0.3, -0.25) is 0 Å². The minimum Gasteiger partial charge on any atom is -0.481 e. The zero-order chi connectivity index (χ0) is 11.4. The molecular weight excluding hydrogens is 210 g/mol. The van der Waals surface area contributed by atoms with Gasteiger partial charge in [-0.1, -0.05) is 5.16 Å². The molecule has 0 aliphatic heterocycles. The molecule has 0 saturated heterocycles. The molecule has 7 heteroatoms. The molecule has 0 radical (unpaired) electrons. The first kappa shape index (κ1) is 10.3. The first-order valence-electron chi connectivity index (χ1n) is 4.68. The van der Waals surface area contributed by atoms with Crippen LogP contribution in [0.15, 0.2) is 16.8 Å². The fourth-order valence-electron chi connectivity index (χ4n) is 1.11. The Labute approximate surface area is 91.9 Å². The summed E-state index contributed by atoms with van der Waals surface area (Å²) in [6, 6.07) is 1.67. The fourth-order valence-corrected chi connectivity index (χ4v) is 1.11. The van der Waals surface area contributed by atoms with Crippen molar-refractivity contribution in [1.29, 1.82) is 0 Å². The zero-order valence-corrected chi connectivity index (χ0v) is 8.97. The van der Waals surface area contributed by atoms with E-state index < -0.39 is 0 Å². The van der Waals surface area contributed by atoms with Crippen molar-refractivity contribution in [2.24, 2.45) is 0 Å². The molecule has 0 aromatic carbocycles. The molecule has 1 N–H and O–H groups in total. The lowest BCUT2D eigenvalue weighted by atomic mass is 10.6. The molecule has 2 aromatic rings. The van der Waals surface area contributed by atoms with Gasteiger partial charge in [0.05, 0.1) is 13.7 Å². The Morgan fingerprint density at radius 3 is 3.00 bits per heavy atom. The Hall–Kier alpha value is -2.18. The smallest absolute Gasteiger partial charge is 0.246 e. The second-order valence-electron chi connectivity index (χ2n) is 3.01. The number of aryl methyl sites for hydroxylation is 1. The number of aromatic nitrogens is 4. The molecule has 0 unspecified atom stereocenters. The van der Waals surface area contributed by atoms with Crippen molar-refractivity contribution in [2.45, 2.75) is 13.5 Å². The van der Waals surface area contributed by atoms with Crippen LogP contribution in [-0.4, -0.2) is 27.2 Å². The number of ether oxygens (including phenoxy) is 1. The minimum atomic E-state index is 0.383. The third-order valence-corrected chi connectivity index (χ3v) is 1.81. The largest absolute Gasteiger partial charge is 0.481 e. The number of rotatable bonds is 4. The number of nitrogens with one attached hydrogen (secondary N) is 1. The molecule has 0 aliphatic rings. The second kappa shape index (κ2) is 4.56. The molecule has 0 amide bonds. The predicted molar refractivity (Wildman–Crippen MR) is 54.9 cm³/mol. The third kappa shape index (κ3) is 2.44. The molecule has 2 aromatic heterocycles. The van der Waals surface area contributed by atoms with Crippen LogP contribution in [-0.2, 0) is 6.54 Å². The highest BCUT2D eigenvalue weighted by atomic mass is 16.5. The van der Waals surface area contributed by atoms with E-state index in [1.165, 1.54) is 0 Å². The highest BCUT2D eigenvalue weighted by Gasteiger charge is 2.03. The normalized spacial score (nSPS) is 10.1. The molecule has 84 valence electrons. The van der Waals surface area contributed by atoms with Crippen molar-refractivity contribution < 1.29 is 9.26 Å². The van der Waals surface area contributed by atoms with E-state index in [-0.39, 0.29) is 0 Å². The van der Waals surface area contributed by atoms with Crippen LogP contribution >= 0.6 is 0 Å². The highest BCUT2D eigenvalue weighted by Crippen LogP contribution is 2.08. The van der Waals surface area contributed by atoms with E-state index in [1.807, 2.05) is 0 Å². The summed E-state index contributed by atoms with van der Waals surface area (Å²) >= 11 is 0. The van der Waals surface area contributed by atoms with Crippen LogP contribution in [0, 0.1) is 6.92 Å². The number of anilines is 1. The number of hydrogen-bond acceptors (Lipinski definition) is 7. The van der Waals surface area contributed by atoms with Gasteiger partial charge in [0.1, 0.15) is 0 Å². The topological polar surface area (TPSA) is 86.0 Å². The van der Waals surface area contributed by atoms with Crippen LogP contribution in [0.4, 0.5) is 5.95 Å². The first-order valence-corrected chi connectivity index (χ1v) is 4.68. The number of nitrogens with zero attached hydrogens (tertiary/aromatic N) is 4. The van der Waals surface area contributed by atoms with Gasteiger partial charge in [0, 0.05) is 12.3 Å².